The Balaban J connectivity index is 1.99. The molecule has 0 radical (unpaired) electrons. The van der Waals surface area contributed by atoms with Gasteiger partial charge in [-0.1, -0.05) is 24.3 Å². The van der Waals surface area contributed by atoms with E-state index in [-0.39, 0.29) is 6.04 Å². The number of rotatable bonds is 1. The molecule has 0 saturated heterocycles. The molecular weight excluding hydrogens is 224 g/mol. The van der Waals surface area contributed by atoms with Crippen LogP contribution >= 0.6 is 0 Å². The molecule has 4 heteroatoms. The minimum atomic E-state index is 0.201. The van der Waals surface area contributed by atoms with E-state index in [1.54, 1.807) is 0 Å². The van der Waals surface area contributed by atoms with E-state index in [0.717, 1.165) is 0 Å². The Hall–Kier alpha value is -2.36. The second-order valence-electron chi connectivity index (χ2n) is 4.62. The summed E-state index contributed by atoms with van der Waals surface area (Å²) in [6.07, 6.45) is 7.81. The molecule has 1 aliphatic rings. The van der Waals surface area contributed by atoms with Crippen LogP contribution in [0.2, 0.25) is 0 Å². The molecule has 0 N–H and O–H groups in total. The molecule has 0 fully saturated rings. The number of hydrogen-bond acceptors (Lipinski definition) is 2. The largest absolute Gasteiger partial charge is 0.319 e. The monoisotopic (exact) mass is 236 g/mol. The minimum absolute atomic E-state index is 0.201. The van der Waals surface area contributed by atoms with Gasteiger partial charge in [0.2, 0.25) is 0 Å². The Labute approximate surface area is 105 Å². The Bertz CT molecular complexity index is 723. The van der Waals surface area contributed by atoms with Gasteiger partial charge in [-0.05, 0) is 5.56 Å². The van der Waals surface area contributed by atoms with E-state index >= 15 is 0 Å². The summed E-state index contributed by atoms with van der Waals surface area (Å²) in [5.41, 5.74) is 4.97. The molecule has 4 rings (SSSR count). The average Bonchev–Trinajstić information content (AvgIpc) is 3.04. The first-order chi connectivity index (χ1) is 8.84. The predicted molar refractivity (Wildman–Crippen MR) is 68.1 cm³/mol. The highest BCUT2D eigenvalue weighted by atomic mass is 15.2. The molecule has 0 saturated carbocycles. The first-order valence-corrected chi connectivity index (χ1v) is 5.94. The highest BCUT2D eigenvalue weighted by molar-refractivity contribution is 5.70. The van der Waals surface area contributed by atoms with Gasteiger partial charge in [-0.25, -0.2) is 4.98 Å². The summed E-state index contributed by atoms with van der Waals surface area (Å²) in [7, 11) is 1.94. The number of imidazole rings is 1. The number of aryl methyl sites for hydroxylation is 1. The van der Waals surface area contributed by atoms with E-state index < -0.39 is 0 Å². The van der Waals surface area contributed by atoms with Gasteiger partial charge in [0.1, 0.15) is 0 Å². The lowest BCUT2D eigenvalue weighted by atomic mass is 9.99. The van der Waals surface area contributed by atoms with Gasteiger partial charge in [-0.2, -0.15) is 5.10 Å². The van der Waals surface area contributed by atoms with E-state index in [2.05, 4.69) is 45.1 Å². The van der Waals surface area contributed by atoms with Crippen molar-refractivity contribution in [2.24, 2.45) is 7.05 Å². The number of fused-ring (bicyclic) bond motifs is 3. The van der Waals surface area contributed by atoms with Gasteiger partial charge in [0.15, 0.2) is 0 Å². The molecule has 18 heavy (non-hydrogen) atoms. The minimum Gasteiger partial charge on any atom is -0.319 e. The van der Waals surface area contributed by atoms with Crippen LogP contribution in [0.15, 0.2) is 49.2 Å². The molecule has 0 spiro atoms. The van der Waals surface area contributed by atoms with Crippen molar-refractivity contribution in [2.75, 3.05) is 0 Å². The number of benzene rings is 1. The third-order valence-corrected chi connectivity index (χ3v) is 3.52. The first-order valence-electron chi connectivity index (χ1n) is 5.94. The van der Waals surface area contributed by atoms with Gasteiger partial charge in [0.05, 0.1) is 30.5 Å². The molecule has 2 aromatic heterocycles. The Morgan fingerprint density at radius 2 is 2.06 bits per heavy atom. The van der Waals surface area contributed by atoms with Crippen molar-refractivity contribution in [2.45, 2.75) is 6.04 Å². The van der Waals surface area contributed by atoms with Crippen LogP contribution in [0.3, 0.4) is 0 Å². The zero-order valence-electron chi connectivity index (χ0n) is 9.99. The molecule has 0 amide bonds. The van der Waals surface area contributed by atoms with Crippen molar-refractivity contribution in [3.8, 4) is 11.3 Å². The van der Waals surface area contributed by atoms with Crippen LogP contribution in [-0.2, 0) is 7.05 Å². The van der Waals surface area contributed by atoms with E-state index in [1.807, 2.05) is 30.5 Å². The second kappa shape index (κ2) is 3.32. The Morgan fingerprint density at radius 1 is 1.17 bits per heavy atom. The summed E-state index contributed by atoms with van der Waals surface area (Å²) in [6.45, 7) is 0. The maximum Gasteiger partial charge on any atom is 0.0959 e. The van der Waals surface area contributed by atoms with Crippen molar-refractivity contribution < 1.29 is 0 Å². The molecular formula is C14H12N4. The van der Waals surface area contributed by atoms with Crippen molar-refractivity contribution in [3.63, 3.8) is 0 Å². The second-order valence-corrected chi connectivity index (χ2v) is 4.62. The molecule has 88 valence electrons. The van der Waals surface area contributed by atoms with E-state index in [1.165, 1.54) is 22.4 Å². The van der Waals surface area contributed by atoms with E-state index in [4.69, 9.17) is 0 Å². The van der Waals surface area contributed by atoms with Crippen LogP contribution < -0.4 is 0 Å². The van der Waals surface area contributed by atoms with Gasteiger partial charge in [-0.15, -0.1) is 0 Å². The molecule has 3 aromatic rings. The maximum absolute atomic E-state index is 4.27. The SMILES string of the molecule is Cn1cc(C2c3ccccc3-c3cncn32)cn1. The highest BCUT2D eigenvalue weighted by Gasteiger charge is 2.29. The van der Waals surface area contributed by atoms with E-state index in [0.29, 0.717) is 0 Å². The Kier molecular flexibility index (Phi) is 1.78. The lowest BCUT2D eigenvalue weighted by molar-refractivity contribution is 0.708. The normalized spacial score (nSPS) is 16.6. The number of hydrogen-bond donors (Lipinski definition) is 0. The van der Waals surface area contributed by atoms with Crippen LogP contribution in [-0.4, -0.2) is 19.3 Å². The standard InChI is InChI=1S/C14H12N4/c1-17-8-10(6-16-17)14-12-5-3-2-4-11(12)13-7-15-9-18(13)14/h2-9,14H,1H3. The van der Waals surface area contributed by atoms with E-state index in [9.17, 15) is 0 Å². The molecule has 1 atom stereocenters. The third kappa shape index (κ3) is 1.14. The van der Waals surface area contributed by atoms with Crippen molar-refractivity contribution in [1.82, 2.24) is 19.3 Å². The van der Waals surface area contributed by atoms with Gasteiger partial charge in [0.25, 0.3) is 0 Å². The molecule has 1 unspecified atom stereocenters. The summed E-state index contributed by atoms with van der Waals surface area (Å²) in [5, 5.41) is 4.27. The zero-order valence-corrected chi connectivity index (χ0v) is 9.99. The first kappa shape index (κ1) is 9.65. The van der Waals surface area contributed by atoms with Crippen LogP contribution in [0.1, 0.15) is 17.2 Å². The summed E-state index contributed by atoms with van der Waals surface area (Å²) < 4.78 is 4.05. The molecule has 3 heterocycles. The molecule has 1 aromatic carbocycles. The molecule has 1 aliphatic heterocycles. The maximum atomic E-state index is 4.27. The fourth-order valence-electron chi connectivity index (χ4n) is 2.76. The number of aromatic nitrogens is 4. The van der Waals surface area contributed by atoms with Crippen LogP contribution in [0.5, 0.6) is 0 Å². The van der Waals surface area contributed by atoms with Gasteiger partial charge in [0, 0.05) is 24.4 Å². The van der Waals surface area contributed by atoms with Crippen LogP contribution in [0.4, 0.5) is 0 Å². The molecule has 4 nitrogen and oxygen atoms in total. The highest BCUT2D eigenvalue weighted by Crippen LogP contribution is 2.42. The zero-order chi connectivity index (χ0) is 12.1. The smallest absolute Gasteiger partial charge is 0.0959 e. The van der Waals surface area contributed by atoms with Gasteiger partial charge < -0.3 is 4.57 Å². The lowest BCUT2D eigenvalue weighted by Gasteiger charge is -2.12. The fraction of sp³-hybridized carbons (Fsp3) is 0.143. The fourth-order valence-corrected chi connectivity index (χ4v) is 2.76. The van der Waals surface area contributed by atoms with Crippen LogP contribution in [0.25, 0.3) is 11.3 Å². The van der Waals surface area contributed by atoms with Crippen molar-refractivity contribution in [3.05, 3.63) is 60.3 Å². The van der Waals surface area contributed by atoms with Crippen molar-refractivity contribution in [1.29, 1.82) is 0 Å². The van der Waals surface area contributed by atoms with Gasteiger partial charge >= 0.3 is 0 Å². The van der Waals surface area contributed by atoms with Crippen molar-refractivity contribution >= 4 is 0 Å². The summed E-state index contributed by atoms with van der Waals surface area (Å²) in [5.74, 6) is 0. The topological polar surface area (TPSA) is 35.6 Å². The Morgan fingerprint density at radius 3 is 2.89 bits per heavy atom. The van der Waals surface area contributed by atoms with Crippen LogP contribution in [0, 0.1) is 0 Å². The summed E-state index contributed by atoms with van der Waals surface area (Å²) in [6, 6.07) is 8.69. The van der Waals surface area contributed by atoms with Gasteiger partial charge in [-0.3, -0.25) is 4.68 Å². The number of nitrogens with zero attached hydrogens (tertiary/aromatic N) is 4. The molecule has 0 bridgehead atoms. The quantitative estimate of drug-likeness (QED) is 0.508. The predicted octanol–water partition coefficient (Wildman–Crippen LogP) is 2.23. The molecule has 0 aliphatic carbocycles. The average molecular weight is 236 g/mol. The summed E-state index contributed by atoms with van der Waals surface area (Å²) >= 11 is 0. The lowest BCUT2D eigenvalue weighted by Crippen LogP contribution is -2.05. The summed E-state index contributed by atoms with van der Waals surface area (Å²) in [4.78, 5) is 4.26. The third-order valence-electron chi connectivity index (χ3n) is 3.52.